The van der Waals surface area contributed by atoms with Gasteiger partial charge in [-0.25, -0.2) is 16.8 Å². The summed E-state index contributed by atoms with van der Waals surface area (Å²) in [6.45, 7) is 73.4. The smallest absolute Gasteiger partial charge is 0.272 e. The van der Waals surface area contributed by atoms with Crippen molar-refractivity contribution in [1.29, 1.82) is 0 Å². The standard InChI is InChI=1S/C17H25N.C17H27N.C15H28N2O.C14H23N3O.C14H22N2O2S.C14H27NO.C13H25NO.C9H17NO3S.C2H6/c1-13(2)15-10-16-8-9-17(11-15)18(16)12-14-6-4-3-5-7-14;1-17(2,3)16-10-13-18(14-11-16)12-9-15-7-5-4-6-8-15;1-15(2,3)12-7-10-17(11-8-12)14(18)13-6-5-9-16(13)4;1-14(2,3)11-6-9-17(10-7-11)13(18)12-5-8-15-16(12)4;1-14(2,3)12-6-9-16(10-7-12)19(17,18)13-5-4-8-15-11-13;1-14(2,3)12-4-8-15(9-5-12)13-6-10-16-11-7-13;1-10(2)9-13(15)14-7-5-12(6-8-14)11(3)4;1-8-4-3-5-10(6-8)9(11)7-14(2,12)13;1-2/h3-7,13,15-17H,8-12H2,1-2H3;4-8,16H,9-14H2,1-3H3;12-13H,5-11H2,1-4H3;5,8,11H,6-7,9-10H2,1-4H3;4-5,8,11-12H,6-7,9-10H2,1-3H3;12-13H,4-11H2,1-3H3;10-12H,5-9H2,1-4H3;8H,3-7H2,1-2H3;1-2H3/t15?,16-,17+;;13-;;;;;8-;/m..0....1./s1. The Morgan fingerprint density at radius 3 is 1.34 bits per heavy atom. The summed E-state index contributed by atoms with van der Waals surface area (Å²) in [4.78, 5) is 70.4. The second-order valence-electron chi connectivity index (χ2n) is 49.1. The summed E-state index contributed by atoms with van der Waals surface area (Å²) in [5.74, 6) is 8.56. The van der Waals surface area contributed by atoms with Gasteiger partial charge in [0, 0.05) is 148 Å². The number of hydrogen-bond acceptors (Lipinski definition) is 15. The van der Waals surface area contributed by atoms with Crippen LogP contribution in [0.5, 0.6) is 0 Å². The lowest BCUT2D eigenvalue weighted by molar-refractivity contribution is -0.137. The van der Waals surface area contributed by atoms with E-state index in [0.29, 0.717) is 100 Å². The van der Waals surface area contributed by atoms with Crippen molar-refractivity contribution in [2.75, 3.05) is 137 Å². The molecule has 11 fully saturated rings. The number of fused-ring (bicyclic) bond motifs is 2. The van der Waals surface area contributed by atoms with Gasteiger partial charge in [0.1, 0.15) is 16.3 Å². The lowest BCUT2D eigenvalue weighted by Gasteiger charge is -2.42. The highest BCUT2D eigenvalue weighted by molar-refractivity contribution is 7.91. The Morgan fingerprint density at radius 1 is 0.457 bits per heavy atom. The first-order valence-corrected chi connectivity index (χ1v) is 58.1. The van der Waals surface area contributed by atoms with Gasteiger partial charge in [0.25, 0.3) is 5.91 Å². The van der Waals surface area contributed by atoms with Crippen LogP contribution in [0.15, 0.2) is 102 Å². The van der Waals surface area contributed by atoms with Crippen molar-refractivity contribution in [3.8, 4) is 0 Å². The summed E-state index contributed by atoms with van der Waals surface area (Å²) in [5.41, 5.74) is 5.62. The van der Waals surface area contributed by atoms with E-state index in [2.05, 4.69) is 260 Å². The molecule has 0 saturated carbocycles. The van der Waals surface area contributed by atoms with Gasteiger partial charge in [0.15, 0.2) is 9.84 Å². The van der Waals surface area contributed by atoms with Gasteiger partial charge < -0.3 is 34.1 Å². The highest BCUT2D eigenvalue weighted by Gasteiger charge is 2.43. The fraction of sp³-hybridized carbons (Fsp3) is 0.791. The number of sulfone groups is 1. The average Bonchev–Trinajstić information content (AvgIpc) is 1.54. The molecule has 4 amide bonds. The number of hydrogen-bond donors (Lipinski definition) is 0. The number of sulfonamides is 1. The number of carbonyl (C=O) groups is 4. The van der Waals surface area contributed by atoms with Gasteiger partial charge in [-0.3, -0.25) is 38.6 Å². The molecule has 11 aliphatic heterocycles. The van der Waals surface area contributed by atoms with E-state index in [0.717, 1.165) is 170 Å². The number of amides is 4. The van der Waals surface area contributed by atoms with Gasteiger partial charge in [-0.05, 0) is 309 Å². The number of ether oxygens (including phenoxy) is 1. The normalized spacial score (nSPS) is 23.0. The van der Waals surface area contributed by atoms with E-state index in [4.69, 9.17) is 4.74 Å². The fourth-order valence-electron chi connectivity index (χ4n) is 22.8. The minimum absolute atomic E-state index is 0.113. The molecule has 5 atom stereocenters. The minimum atomic E-state index is -3.36. The third-order valence-corrected chi connectivity index (χ3v) is 35.2. The third-order valence-electron chi connectivity index (χ3n) is 32.6. The molecule has 23 heteroatoms. The molecule has 1 unspecified atom stereocenters. The molecule has 11 aliphatic rings. The number of aromatic nitrogens is 3. The Kier molecular flexibility index (Phi) is 49.0. The zero-order valence-electron chi connectivity index (χ0n) is 92.4. The lowest BCUT2D eigenvalue weighted by Crippen LogP contribution is -2.48. The van der Waals surface area contributed by atoms with Gasteiger partial charge in [-0.1, -0.05) is 227 Å². The Balaban J connectivity index is 0.000000214. The predicted molar refractivity (Wildman–Crippen MR) is 573 cm³/mol. The molecule has 21 nitrogen and oxygen atoms in total. The Morgan fingerprint density at radius 2 is 0.913 bits per heavy atom. The number of likely N-dealkylation sites (N-methyl/N-ethyl adjacent to an activating group) is 1. The van der Waals surface area contributed by atoms with Crippen LogP contribution in [0, 0.1) is 92.2 Å². The highest BCUT2D eigenvalue weighted by atomic mass is 32.2. The number of aryl methyl sites for hydroxylation is 1. The topological polar surface area (TPSA) is 206 Å². The molecule has 0 N–H and O–H groups in total. The van der Waals surface area contributed by atoms with Crippen LogP contribution in [-0.4, -0.2) is 260 Å². The maximum Gasteiger partial charge on any atom is 0.272 e. The van der Waals surface area contributed by atoms with Gasteiger partial charge >= 0.3 is 0 Å². The SMILES string of the molecule is CC.CC(C)(C)C1CCN(C2CCOCC2)CC1.CC(C)(C)C1CCN(CCc2ccccc2)CC1.CC(C)(C)C1CCN(S(=O)(=O)c2cccnc2)CC1.CC(C)C1C[C@H]2CC[C@@H](C1)N2Cc1ccccc1.CC(C)CC(=O)N1CCC(C(C)C)CC1.CN1CCC[C@H]1C(=O)N1CCC(C(C)(C)C)CC1.C[C@@H]1CCCN(C(=O)CS(C)(=O)=O)C1.Cn1nccc1C(=O)N1CCC(C(C)(C)C)CC1. The predicted octanol–water partition coefficient (Wildman–Crippen LogP) is 22.5. The fourth-order valence-corrected chi connectivity index (χ4v) is 24.8. The van der Waals surface area contributed by atoms with Gasteiger partial charge in [0.2, 0.25) is 27.7 Å². The summed E-state index contributed by atoms with van der Waals surface area (Å²) in [6, 6.07) is 29.6. The quantitative estimate of drug-likeness (QED) is 0.102. The van der Waals surface area contributed by atoms with Crippen LogP contribution in [0.3, 0.4) is 0 Å². The number of benzene rings is 2. The summed E-state index contributed by atoms with van der Waals surface area (Å²) in [5, 5.41) is 4.06. The molecule has 0 radical (unpaired) electrons. The van der Waals surface area contributed by atoms with E-state index >= 15 is 0 Å². The van der Waals surface area contributed by atoms with Gasteiger partial charge in [0.05, 0.1) is 6.04 Å². The van der Waals surface area contributed by atoms with E-state index in [9.17, 15) is 36.0 Å². The van der Waals surface area contributed by atoms with Crippen LogP contribution in [0.25, 0.3) is 0 Å². The Hall–Kier alpha value is -5.66. The molecule has 0 aliphatic carbocycles. The summed E-state index contributed by atoms with van der Waals surface area (Å²) < 4.78 is 55.4. The Bertz CT molecular complexity index is 4310. The Labute approximate surface area is 843 Å². The van der Waals surface area contributed by atoms with Crippen LogP contribution in [0.4, 0.5) is 0 Å². The van der Waals surface area contributed by atoms with Gasteiger partial charge in [-0.15, -0.1) is 0 Å². The second kappa shape index (κ2) is 56.7. The average molecular weight is 1960 g/mol. The summed E-state index contributed by atoms with van der Waals surface area (Å²) in [6.07, 6.45) is 34.6. The molecule has 4 aromatic rings. The number of nitrogens with zero attached hydrogens (tertiary/aromatic N) is 12. The lowest BCUT2D eigenvalue weighted by atomic mass is 9.75. The molecule has 2 aromatic carbocycles. The zero-order valence-corrected chi connectivity index (χ0v) is 94.0. The molecular weight excluding hydrogens is 1760 g/mol. The van der Waals surface area contributed by atoms with Crippen molar-refractivity contribution in [3.05, 3.63) is 114 Å². The number of pyridine rings is 1. The molecule has 0 spiro atoms. The minimum Gasteiger partial charge on any atom is -0.381 e. The van der Waals surface area contributed by atoms with Crippen molar-refractivity contribution < 1.29 is 40.8 Å². The monoisotopic (exact) mass is 1960 g/mol. The van der Waals surface area contributed by atoms with Crippen LogP contribution in [-0.2, 0) is 59.0 Å². The molecule has 11 saturated heterocycles. The van der Waals surface area contributed by atoms with E-state index < -0.39 is 19.9 Å². The molecule has 138 heavy (non-hydrogen) atoms. The zero-order chi connectivity index (χ0) is 102. The van der Waals surface area contributed by atoms with Crippen molar-refractivity contribution in [2.24, 2.45) is 99.2 Å². The molecule has 2 aromatic heterocycles. The first kappa shape index (κ1) is 119. The second-order valence-corrected chi connectivity index (χ2v) is 53.2. The van der Waals surface area contributed by atoms with Crippen molar-refractivity contribution in [3.63, 3.8) is 0 Å². The summed E-state index contributed by atoms with van der Waals surface area (Å²) in [7, 11) is -2.65. The number of likely N-dealkylation sites (tertiary alicyclic amines) is 7. The van der Waals surface area contributed by atoms with Gasteiger partial charge in [-0.2, -0.15) is 9.40 Å². The van der Waals surface area contributed by atoms with Crippen molar-refractivity contribution >= 4 is 43.5 Å². The molecule has 15 rings (SSSR count). The van der Waals surface area contributed by atoms with Crippen molar-refractivity contribution in [1.82, 2.24) is 58.3 Å². The van der Waals surface area contributed by atoms with E-state index in [-0.39, 0.29) is 29.0 Å². The largest absolute Gasteiger partial charge is 0.381 e. The molecule has 2 bridgehead atoms. The first-order valence-electron chi connectivity index (χ1n) is 54.6. The van der Waals surface area contributed by atoms with Crippen LogP contribution in [0.2, 0.25) is 0 Å². The van der Waals surface area contributed by atoms with E-state index in [1.807, 2.05) is 25.8 Å². The van der Waals surface area contributed by atoms with E-state index in [1.165, 1.54) is 159 Å². The van der Waals surface area contributed by atoms with Crippen LogP contribution < -0.4 is 0 Å². The first-order chi connectivity index (χ1) is 64.9. The molecule has 786 valence electrons. The highest BCUT2D eigenvalue weighted by Crippen LogP contribution is 2.44. The number of rotatable bonds is 16. The van der Waals surface area contributed by atoms with E-state index in [1.54, 1.807) is 44.5 Å². The maximum absolute atomic E-state index is 12.5. The summed E-state index contributed by atoms with van der Waals surface area (Å²) >= 11 is 0. The maximum atomic E-state index is 12.5. The van der Waals surface area contributed by atoms with Crippen LogP contribution in [0.1, 0.15) is 335 Å². The molecular formula is C115H200N12O9S2. The molecule has 13 heterocycles. The number of piperidine rings is 8. The third kappa shape index (κ3) is 40.0. The number of carbonyl (C=O) groups excluding carboxylic acids is 4. The van der Waals surface area contributed by atoms with Crippen molar-refractivity contribution in [2.45, 2.75) is 356 Å². The van der Waals surface area contributed by atoms with Crippen LogP contribution >= 0.6 is 0 Å².